The second-order valence-corrected chi connectivity index (χ2v) is 7.32. The maximum atomic E-state index is 6.07. The van der Waals surface area contributed by atoms with Crippen molar-refractivity contribution in [3.8, 4) is 5.69 Å². The van der Waals surface area contributed by atoms with Gasteiger partial charge in [0.1, 0.15) is 17.7 Å². The average Bonchev–Trinajstić information content (AvgIpc) is 3.36. The molecule has 3 heterocycles. The molecule has 26 heavy (non-hydrogen) atoms. The summed E-state index contributed by atoms with van der Waals surface area (Å²) in [6.07, 6.45) is 5.51. The minimum absolute atomic E-state index is 0.709. The maximum absolute atomic E-state index is 6.07. The molecule has 0 radical (unpaired) electrons. The van der Waals surface area contributed by atoms with Crippen molar-refractivity contribution in [3.05, 3.63) is 60.6 Å². The van der Waals surface area contributed by atoms with Crippen LogP contribution in [-0.2, 0) is 6.42 Å². The van der Waals surface area contributed by atoms with E-state index in [4.69, 9.17) is 4.42 Å². The van der Waals surface area contributed by atoms with E-state index in [0.717, 1.165) is 46.4 Å². The average molecular weight is 345 g/mol. The van der Waals surface area contributed by atoms with Gasteiger partial charge in [-0.05, 0) is 62.7 Å². The van der Waals surface area contributed by atoms with Crippen LogP contribution in [0.25, 0.3) is 27.7 Å². The summed E-state index contributed by atoms with van der Waals surface area (Å²) < 4.78 is 8.20. The standard InChI is InChI=1S/C22H23N3O/c1-16-5-4-11-24(16)12-10-19-14-17-13-18(8-9-22(17)26-19)25-15-23-20-6-2-3-7-21(20)25/h2-3,6-9,13-16H,4-5,10-12H2,1H3. The van der Waals surface area contributed by atoms with Crippen LogP contribution in [0.2, 0.25) is 0 Å². The third-order valence-electron chi connectivity index (χ3n) is 5.62. The molecule has 0 amide bonds. The highest BCUT2D eigenvalue weighted by Gasteiger charge is 2.20. The molecule has 2 aromatic carbocycles. The SMILES string of the molecule is CC1CCCN1CCc1cc2cc(-n3cnc4ccccc43)ccc2o1. The number of rotatable bonds is 4. The molecule has 0 saturated carbocycles. The van der Waals surface area contributed by atoms with Gasteiger partial charge in [0.15, 0.2) is 0 Å². The van der Waals surface area contributed by atoms with Gasteiger partial charge in [-0.25, -0.2) is 4.98 Å². The topological polar surface area (TPSA) is 34.2 Å². The second-order valence-electron chi connectivity index (χ2n) is 7.32. The van der Waals surface area contributed by atoms with Crippen LogP contribution < -0.4 is 0 Å². The van der Waals surface area contributed by atoms with E-state index in [1.807, 2.05) is 24.5 Å². The van der Waals surface area contributed by atoms with Crippen LogP contribution in [0.15, 0.2) is 59.3 Å². The number of hydrogen-bond donors (Lipinski definition) is 0. The van der Waals surface area contributed by atoms with E-state index in [-0.39, 0.29) is 0 Å². The minimum atomic E-state index is 0.709. The van der Waals surface area contributed by atoms with Crippen molar-refractivity contribution < 1.29 is 4.42 Å². The summed E-state index contributed by atoms with van der Waals surface area (Å²) in [7, 11) is 0. The zero-order valence-electron chi connectivity index (χ0n) is 15.1. The van der Waals surface area contributed by atoms with E-state index >= 15 is 0 Å². The smallest absolute Gasteiger partial charge is 0.134 e. The molecule has 0 bridgehead atoms. The molecule has 0 aliphatic carbocycles. The van der Waals surface area contributed by atoms with Crippen molar-refractivity contribution in [2.75, 3.05) is 13.1 Å². The van der Waals surface area contributed by atoms with Gasteiger partial charge in [0.05, 0.1) is 11.0 Å². The largest absolute Gasteiger partial charge is 0.461 e. The Morgan fingerprint density at radius 3 is 2.96 bits per heavy atom. The van der Waals surface area contributed by atoms with Crippen molar-refractivity contribution >= 4 is 22.0 Å². The van der Waals surface area contributed by atoms with E-state index in [1.165, 1.54) is 19.4 Å². The lowest BCUT2D eigenvalue weighted by Gasteiger charge is -2.19. The van der Waals surface area contributed by atoms with E-state index in [9.17, 15) is 0 Å². The molecule has 1 aliphatic rings. The van der Waals surface area contributed by atoms with Crippen LogP contribution in [0.1, 0.15) is 25.5 Å². The molecule has 1 aliphatic heterocycles. The number of fused-ring (bicyclic) bond motifs is 2. The van der Waals surface area contributed by atoms with Gasteiger partial charge < -0.3 is 9.32 Å². The van der Waals surface area contributed by atoms with Crippen LogP contribution in [0.5, 0.6) is 0 Å². The summed E-state index contributed by atoms with van der Waals surface area (Å²) in [6.45, 7) is 4.63. The predicted molar refractivity (Wildman–Crippen MR) is 105 cm³/mol. The van der Waals surface area contributed by atoms with Gasteiger partial charge in [-0.3, -0.25) is 4.57 Å². The highest BCUT2D eigenvalue weighted by atomic mass is 16.3. The Labute approximate surface area is 153 Å². The number of nitrogens with zero attached hydrogens (tertiary/aromatic N) is 3. The zero-order chi connectivity index (χ0) is 17.5. The van der Waals surface area contributed by atoms with Crippen LogP contribution in [0.4, 0.5) is 0 Å². The molecule has 1 fully saturated rings. The van der Waals surface area contributed by atoms with Gasteiger partial charge in [-0.1, -0.05) is 12.1 Å². The highest BCUT2D eigenvalue weighted by molar-refractivity contribution is 5.82. The molecule has 1 saturated heterocycles. The lowest BCUT2D eigenvalue weighted by Crippen LogP contribution is -2.28. The predicted octanol–water partition coefficient (Wildman–Crippen LogP) is 4.80. The number of hydrogen-bond acceptors (Lipinski definition) is 3. The number of benzene rings is 2. The van der Waals surface area contributed by atoms with Gasteiger partial charge in [0, 0.05) is 30.1 Å². The Morgan fingerprint density at radius 2 is 2.08 bits per heavy atom. The fourth-order valence-electron chi connectivity index (χ4n) is 4.10. The van der Waals surface area contributed by atoms with E-state index in [1.54, 1.807) is 0 Å². The summed E-state index contributed by atoms with van der Waals surface area (Å²) in [6, 6.07) is 17.5. The normalized spacial score (nSPS) is 18.3. The lowest BCUT2D eigenvalue weighted by molar-refractivity contribution is 0.266. The monoisotopic (exact) mass is 345 g/mol. The molecule has 1 unspecified atom stereocenters. The molecule has 1 atom stereocenters. The molecule has 0 N–H and O–H groups in total. The molecular weight excluding hydrogens is 322 g/mol. The van der Waals surface area contributed by atoms with Crippen LogP contribution >= 0.6 is 0 Å². The van der Waals surface area contributed by atoms with Crippen molar-refractivity contribution in [2.45, 2.75) is 32.2 Å². The van der Waals surface area contributed by atoms with Crippen molar-refractivity contribution in [3.63, 3.8) is 0 Å². The van der Waals surface area contributed by atoms with Gasteiger partial charge >= 0.3 is 0 Å². The first-order valence-corrected chi connectivity index (χ1v) is 9.47. The van der Waals surface area contributed by atoms with E-state index in [0.29, 0.717) is 6.04 Å². The quantitative estimate of drug-likeness (QED) is 0.533. The maximum Gasteiger partial charge on any atom is 0.134 e. The highest BCUT2D eigenvalue weighted by Crippen LogP contribution is 2.26. The third kappa shape index (κ3) is 2.71. The Balaban J connectivity index is 1.43. The van der Waals surface area contributed by atoms with Gasteiger partial charge in [0.25, 0.3) is 0 Å². The van der Waals surface area contributed by atoms with Crippen molar-refractivity contribution in [1.29, 1.82) is 0 Å². The first-order valence-electron chi connectivity index (χ1n) is 9.47. The molecular formula is C22H23N3O. The third-order valence-corrected chi connectivity index (χ3v) is 5.62. The summed E-state index contributed by atoms with van der Waals surface area (Å²) >= 11 is 0. The van der Waals surface area contributed by atoms with Crippen molar-refractivity contribution in [1.82, 2.24) is 14.5 Å². The summed E-state index contributed by atoms with van der Waals surface area (Å²) in [5.41, 5.74) is 4.22. The lowest BCUT2D eigenvalue weighted by atomic mass is 10.2. The summed E-state index contributed by atoms with van der Waals surface area (Å²) in [5.74, 6) is 1.08. The fraction of sp³-hybridized carbons (Fsp3) is 0.318. The summed E-state index contributed by atoms with van der Waals surface area (Å²) in [4.78, 5) is 7.06. The van der Waals surface area contributed by atoms with Crippen LogP contribution in [-0.4, -0.2) is 33.6 Å². The minimum Gasteiger partial charge on any atom is -0.461 e. The summed E-state index contributed by atoms with van der Waals surface area (Å²) in [5, 5.41) is 1.16. The number of aromatic nitrogens is 2. The first-order chi connectivity index (χ1) is 12.8. The van der Waals surface area contributed by atoms with Crippen molar-refractivity contribution in [2.24, 2.45) is 0 Å². The first kappa shape index (κ1) is 15.6. The zero-order valence-corrected chi connectivity index (χ0v) is 15.1. The van der Waals surface area contributed by atoms with E-state index < -0.39 is 0 Å². The van der Waals surface area contributed by atoms with E-state index in [2.05, 4.69) is 51.7 Å². The van der Waals surface area contributed by atoms with Crippen LogP contribution in [0, 0.1) is 0 Å². The number of para-hydroxylation sites is 2. The molecule has 4 heteroatoms. The second kappa shape index (κ2) is 6.29. The molecule has 0 spiro atoms. The molecule has 2 aromatic heterocycles. The van der Waals surface area contributed by atoms with Crippen LogP contribution in [0.3, 0.4) is 0 Å². The number of imidazole rings is 1. The molecule has 5 rings (SSSR count). The van der Waals surface area contributed by atoms with Gasteiger partial charge in [-0.15, -0.1) is 0 Å². The Bertz CT molecular complexity index is 1060. The van der Waals surface area contributed by atoms with Gasteiger partial charge in [-0.2, -0.15) is 0 Å². The molecule has 132 valence electrons. The molecule has 4 aromatic rings. The Morgan fingerprint density at radius 1 is 1.15 bits per heavy atom. The molecule has 4 nitrogen and oxygen atoms in total. The number of furan rings is 1. The fourth-order valence-corrected chi connectivity index (χ4v) is 4.10. The number of likely N-dealkylation sites (tertiary alicyclic amines) is 1. The Hall–Kier alpha value is -2.59. The van der Waals surface area contributed by atoms with Gasteiger partial charge in [0.2, 0.25) is 0 Å². The Kier molecular flexibility index (Phi) is 3.79.